The molecule has 1 aromatic heterocycles. The second-order valence-electron chi connectivity index (χ2n) is 3.38. The lowest BCUT2D eigenvalue weighted by Crippen LogP contribution is -2.30. The van der Waals surface area contributed by atoms with Gasteiger partial charge in [-0.3, -0.25) is 0 Å². The molecule has 1 aromatic rings. The molecular weight excluding hydrogens is 241 g/mol. The minimum Gasteiger partial charge on any atom is -0.397 e. The van der Waals surface area contributed by atoms with Crippen molar-refractivity contribution in [3.05, 3.63) is 18.0 Å². The molecule has 1 aliphatic rings. The summed E-state index contributed by atoms with van der Waals surface area (Å²) in [7, 11) is 0. The summed E-state index contributed by atoms with van der Waals surface area (Å²) in [6, 6.07) is 0.984. The third kappa shape index (κ3) is 2.41. The van der Waals surface area contributed by atoms with Crippen LogP contribution in [0.3, 0.4) is 0 Å². The summed E-state index contributed by atoms with van der Waals surface area (Å²) in [5.41, 5.74) is 4.92. The van der Waals surface area contributed by atoms with Crippen LogP contribution in [0.15, 0.2) is 17.2 Å². The molecule has 0 unspecified atom stereocenters. The van der Waals surface area contributed by atoms with Crippen molar-refractivity contribution < 1.29 is 17.9 Å². The number of ether oxygens (including phenoxy) is 1. The number of nitrogen functional groups attached to an aromatic ring is 1. The van der Waals surface area contributed by atoms with Gasteiger partial charge in [-0.25, -0.2) is 4.98 Å². The topological polar surface area (TPSA) is 48.1 Å². The molecule has 0 aromatic carbocycles. The number of nitrogens with two attached hydrogens (primary N) is 1. The first-order valence-corrected chi connectivity index (χ1v) is 5.42. The average Bonchev–Trinajstić information content (AvgIpc) is 2.11. The second kappa shape index (κ2) is 4.14. The molecule has 0 bridgehead atoms. The highest BCUT2D eigenvalue weighted by Gasteiger charge is 2.33. The molecule has 0 spiro atoms. The molecule has 0 radical (unpaired) electrons. The fraction of sp³-hybridized carbons (Fsp3) is 0.444. The minimum absolute atomic E-state index is 0.186. The van der Waals surface area contributed by atoms with Crippen LogP contribution >= 0.6 is 11.8 Å². The first kappa shape index (κ1) is 11.5. The molecule has 2 N–H and O–H groups in total. The third-order valence-electron chi connectivity index (χ3n) is 2.09. The van der Waals surface area contributed by atoms with Crippen molar-refractivity contribution in [3.8, 4) is 0 Å². The van der Waals surface area contributed by atoms with E-state index in [1.165, 1.54) is 11.8 Å². The van der Waals surface area contributed by atoms with Crippen molar-refractivity contribution in [3.63, 3.8) is 0 Å². The summed E-state index contributed by atoms with van der Waals surface area (Å²) in [4.78, 5) is 3.68. The molecule has 1 fully saturated rings. The summed E-state index contributed by atoms with van der Waals surface area (Å²) in [5, 5.41) is 0.186. The zero-order valence-corrected chi connectivity index (χ0v) is 8.94. The van der Waals surface area contributed by atoms with Crippen LogP contribution < -0.4 is 5.73 Å². The van der Waals surface area contributed by atoms with Crippen LogP contribution in [0.4, 0.5) is 18.9 Å². The Morgan fingerprint density at radius 1 is 1.44 bits per heavy atom. The molecular formula is C9H9F3N2OS. The Morgan fingerprint density at radius 3 is 2.62 bits per heavy atom. The van der Waals surface area contributed by atoms with E-state index < -0.39 is 11.9 Å². The molecule has 16 heavy (non-hydrogen) atoms. The van der Waals surface area contributed by atoms with Crippen LogP contribution in [-0.2, 0) is 10.9 Å². The predicted molar refractivity (Wildman–Crippen MR) is 54.1 cm³/mol. The Kier molecular flexibility index (Phi) is 2.98. The lowest BCUT2D eigenvalue weighted by Gasteiger charge is -2.25. The molecule has 0 aliphatic carbocycles. The second-order valence-corrected chi connectivity index (χ2v) is 4.72. The van der Waals surface area contributed by atoms with Crippen LogP contribution in [0.2, 0.25) is 0 Å². The van der Waals surface area contributed by atoms with E-state index in [2.05, 4.69) is 4.98 Å². The highest BCUT2D eigenvalue weighted by Crippen LogP contribution is 2.36. The maximum atomic E-state index is 12.4. The van der Waals surface area contributed by atoms with E-state index >= 15 is 0 Å². The van der Waals surface area contributed by atoms with Crippen LogP contribution in [0.1, 0.15) is 5.69 Å². The van der Waals surface area contributed by atoms with Gasteiger partial charge in [0.1, 0.15) is 5.69 Å². The van der Waals surface area contributed by atoms with Gasteiger partial charge in [-0.05, 0) is 6.07 Å². The first-order chi connectivity index (χ1) is 7.47. The predicted octanol–water partition coefficient (Wildman–Crippen LogP) is 2.17. The smallest absolute Gasteiger partial charge is 0.397 e. The van der Waals surface area contributed by atoms with Crippen molar-refractivity contribution in [2.75, 3.05) is 18.9 Å². The quantitative estimate of drug-likeness (QED) is 0.874. The first-order valence-electron chi connectivity index (χ1n) is 4.54. The van der Waals surface area contributed by atoms with E-state index in [0.29, 0.717) is 18.1 Å². The number of pyridine rings is 1. The summed E-state index contributed by atoms with van der Waals surface area (Å²) in [5.74, 6) is 0. The average molecular weight is 250 g/mol. The molecule has 2 heterocycles. The highest BCUT2D eigenvalue weighted by atomic mass is 32.2. The molecule has 0 saturated carbocycles. The Labute approximate surface area is 94.2 Å². The molecule has 2 rings (SSSR count). The van der Waals surface area contributed by atoms with Gasteiger partial charge in [-0.1, -0.05) is 0 Å². The largest absolute Gasteiger partial charge is 0.433 e. The highest BCUT2D eigenvalue weighted by molar-refractivity contribution is 8.00. The number of aromatic nitrogens is 1. The van der Waals surface area contributed by atoms with Crippen LogP contribution in [0.5, 0.6) is 0 Å². The number of anilines is 1. The Bertz CT molecular complexity index is 393. The number of nitrogens with zero attached hydrogens (tertiary/aromatic N) is 1. The van der Waals surface area contributed by atoms with Gasteiger partial charge >= 0.3 is 6.18 Å². The number of alkyl halides is 3. The molecule has 0 atom stereocenters. The van der Waals surface area contributed by atoms with Crippen molar-refractivity contribution in [1.29, 1.82) is 0 Å². The molecule has 0 amide bonds. The SMILES string of the molecule is Nc1cnc(C(F)(F)F)cc1SC1COC1. The number of rotatable bonds is 2. The van der Waals surface area contributed by atoms with E-state index in [4.69, 9.17) is 10.5 Å². The van der Waals surface area contributed by atoms with Gasteiger partial charge < -0.3 is 10.5 Å². The van der Waals surface area contributed by atoms with Crippen molar-refractivity contribution in [2.24, 2.45) is 0 Å². The van der Waals surface area contributed by atoms with Gasteiger partial charge in [0.25, 0.3) is 0 Å². The lowest BCUT2D eigenvalue weighted by atomic mass is 10.3. The number of halogens is 3. The maximum Gasteiger partial charge on any atom is 0.433 e. The van der Waals surface area contributed by atoms with Crippen molar-refractivity contribution in [2.45, 2.75) is 16.3 Å². The minimum atomic E-state index is -4.43. The zero-order valence-electron chi connectivity index (χ0n) is 8.12. The van der Waals surface area contributed by atoms with Crippen LogP contribution in [0, 0.1) is 0 Å². The Hall–Kier alpha value is -0.950. The van der Waals surface area contributed by atoms with Gasteiger partial charge in [0.05, 0.1) is 30.3 Å². The fourth-order valence-corrected chi connectivity index (χ4v) is 2.22. The van der Waals surface area contributed by atoms with Gasteiger partial charge in [0.2, 0.25) is 0 Å². The lowest BCUT2D eigenvalue weighted by molar-refractivity contribution is -0.141. The van der Waals surface area contributed by atoms with Crippen molar-refractivity contribution in [1.82, 2.24) is 4.98 Å². The Morgan fingerprint density at radius 2 is 2.12 bits per heavy atom. The number of hydrogen-bond donors (Lipinski definition) is 1. The van der Waals surface area contributed by atoms with E-state index in [1.807, 2.05) is 0 Å². The summed E-state index contributed by atoms with van der Waals surface area (Å²) in [6.07, 6.45) is -3.39. The van der Waals surface area contributed by atoms with Gasteiger partial charge in [-0.15, -0.1) is 11.8 Å². The van der Waals surface area contributed by atoms with Crippen LogP contribution in [-0.4, -0.2) is 23.4 Å². The molecule has 88 valence electrons. The summed E-state index contributed by atoms with van der Waals surface area (Å²) < 4.78 is 42.1. The third-order valence-corrected chi connectivity index (χ3v) is 3.30. The zero-order chi connectivity index (χ0) is 11.8. The van der Waals surface area contributed by atoms with E-state index in [9.17, 15) is 13.2 Å². The van der Waals surface area contributed by atoms with Gasteiger partial charge in [0, 0.05) is 4.90 Å². The summed E-state index contributed by atoms with van der Waals surface area (Å²) >= 11 is 1.30. The summed E-state index contributed by atoms with van der Waals surface area (Å²) in [6.45, 7) is 1.10. The normalized spacial score (nSPS) is 17.2. The van der Waals surface area contributed by atoms with E-state index in [1.54, 1.807) is 0 Å². The number of hydrogen-bond acceptors (Lipinski definition) is 4. The molecule has 1 aliphatic heterocycles. The molecule has 7 heteroatoms. The van der Waals surface area contributed by atoms with E-state index in [-0.39, 0.29) is 10.9 Å². The maximum absolute atomic E-state index is 12.4. The standard InChI is InChI=1S/C9H9F3N2OS/c10-9(11,12)8-1-7(6(13)2-14-8)16-5-3-15-4-5/h1-2,5H,3-4,13H2. The molecule has 3 nitrogen and oxygen atoms in total. The van der Waals surface area contributed by atoms with Gasteiger partial charge in [0.15, 0.2) is 0 Å². The van der Waals surface area contributed by atoms with Crippen LogP contribution in [0.25, 0.3) is 0 Å². The molecule has 1 saturated heterocycles. The van der Waals surface area contributed by atoms with Gasteiger partial charge in [-0.2, -0.15) is 13.2 Å². The van der Waals surface area contributed by atoms with E-state index in [0.717, 1.165) is 12.3 Å². The van der Waals surface area contributed by atoms with Crippen molar-refractivity contribution >= 4 is 17.4 Å². The number of thioether (sulfide) groups is 1. The fourth-order valence-electron chi connectivity index (χ4n) is 1.17. The Balaban J connectivity index is 2.21. The monoisotopic (exact) mass is 250 g/mol.